The molecule has 0 spiro atoms. The minimum atomic E-state index is -0.231. The van der Waals surface area contributed by atoms with E-state index in [-0.39, 0.29) is 24.2 Å². The van der Waals surface area contributed by atoms with E-state index in [1.807, 2.05) is 56.3 Å². The highest BCUT2D eigenvalue weighted by Gasteiger charge is 2.13. The number of aromatic hydroxyl groups is 1. The molecule has 31 heavy (non-hydrogen) atoms. The monoisotopic (exact) mass is 457 g/mol. The Morgan fingerprint density at radius 1 is 1.00 bits per heavy atom. The summed E-state index contributed by atoms with van der Waals surface area (Å²) >= 11 is 12.9. The molecular weight excluding hydrogens is 433 g/mol. The van der Waals surface area contributed by atoms with Crippen molar-refractivity contribution in [1.29, 1.82) is 0 Å². The van der Waals surface area contributed by atoms with Crippen molar-refractivity contribution in [2.45, 2.75) is 32.7 Å². The molecule has 6 heteroatoms. The fourth-order valence-corrected chi connectivity index (χ4v) is 3.81. The lowest BCUT2D eigenvalue weighted by molar-refractivity contribution is -0.123. The molecule has 2 N–H and O–H groups in total. The van der Waals surface area contributed by atoms with Crippen molar-refractivity contribution in [3.63, 3.8) is 0 Å². The molecule has 0 atom stereocenters. The Kier molecular flexibility index (Phi) is 7.83. The van der Waals surface area contributed by atoms with Gasteiger partial charge in [-0.3, -0.25) is 4.79 Å². The van der Waals surface area contributed by atoms with Crippen LogP contribution in [0.2, 0.25) is 10.0 Å². The fraction of sp³-hybridized carbons (Fsp3) is 0.240. The molecular formula is C25H25Cl2NO3. The number of amides is 1. The molecule has 0 aromatic heterocycles. The van der Waals surface area contributed by atoms with Crippen LogP contribution in [0, 0.1) is 0 Å². The highest BCUT2D eigenvalue weighted by atomic mass is 35.5. The van der Waals surface area contributed by atoms with Gasteiger partial charge in [0, 0.05) is 23.0 Å². The Balaban J connectivity index is 1.62. The van der Waals surface area contributed by atoms with E-state index in [0.717, 1.165) is 22.3 Å². The predicted octanol–water partition coefficient (Wildman–Crippen LogP) is 6.11. The van der Waals surface area contributed by atoms with Crippen LogP contribution in [0.5, 0.6) is 11.5 Å². The van der Waals surface area contributed by atoms with Crippen LogP contribution in [0.15, 0.2) is 60.7 Å². The molecule has 162 valence electrons. The largest absolute Gasteiger partial charge is 0.508 e. The molecule has 4 nitrogen and oxygen atoms in total. The number of carbonyl (C=O) groups is 1. The third-order valence-corrected chi connectivity index (χ3v) is 5.59. The van der Waals surface area contributed by atoms with Crippen LogP contribution >= 0.6 is 23.2 Å². The Labute approximate surface area is 192 Å². The first-order valence-corrected chi connectivity index (χ1v) is 10.8. The van der Waals surface area contributed by atoms with Crippen LogP contribution in [0.4, 0.5) is 0 Å². The second-order valence-electron chi connectivity index (χ2n) is 7.64. The van der Waals surface area contributed by atoms with E-state index in [4.69, 9.17) is 27.9 Å². The van der Waals surface area contributed by atoms with Crippen molar-refractivity contribution in [2.24, 2.45) is 0 Å². The first-order valence-electron chi connectivity index (χ1n) is 10.1. The molecule has 3 aromatic rings. The molecule has 0 aliphatic heterocycles. The third-order valence-electron chi connectivity index (χ3n) is 4.91. The lowest BCUT2D eigenvalue weighted by Crippen LogP contribution is -2.28. The second kappa shape index (κ2) is 10.6. The number of rotatable bonds is 8. The lowest BCUT2D eigenvalue weighted by atomic mass is 9.96. The number of phenols is 1. The number of phenolic OH excluding ortho intramolecular Hbond substituents is 1. The average Bonchev–Trinajstić information content (AvgIpc) is 2.75. The quantitative estimate of drug-likeness (QED) is 0.428. The van der Waals surface area contributed by atoms with Gasteiger partial charge in [-0.2, -0.15) is 0 Å². The first-order chi connectivity index (χ1) is 14.8. The van der Waals surface area contributed by atoms with Crippen LogP contribution in [-0.4, -0.2) is 17.6 Å². The minimum Gasteiger partial charge on any atom is -0.508 e. The molecule has 0 bridgehead atoms. The van der Waals surface area contributed by atoms with Crippen molar-refractivity contribution in [3.8, 4) is 11.5 Å². The summed E-state index contributed by atoms with van der Waals surface area (Å²) in [6.45, 7) is 4.37. The van der Waals surface area contributed by atoms with Gasteiger partial charge in [0.15, 0.2) is 6.61 Å². The maximum Gasteiger partial charge on any atom is 0.258 e. The standard InChI is InChI=1S/C25H25Cl2NO3/c1-16(2)20-10-18(8-9-24(20)29)11-21-22(26)12-19(13-23(21)27)31-15-25(30)28-14-17-6-4-3-5-7-17/h3-10,12-13,16,29H,11,14-15H2,1-2H3,(H,28,30). The summed E-state index contributed by atoms with van der Waals surface area (Å²) in [5.74, 6) is 0.688. The lowest BCUT2D eigenvalue weighted by Gasteiger charge is -2.14. The van der Waals surface area contributed by atoms with Crippen molar-refractivity contribution >= 4 is 29.1 Å². The van der Waals surface area contributed by atoms with Crippen molar-refractivity contribution < 1.29 is 14.6 Å². The topological polar surface area (TPSA) is 58.6 Å². The van der Waals surface area contributed by atoms with E-state index in [9.17, 15) is 9.90 Å². The summed E-state index contributed by atoms with van der Waals surface area (Å²) < 4.78 is 5.58. The van der Waals surface area contributed by atoms with Crippen LogP contribution in [0.25, 0.3) is 0 Å². The van der Waals surface area contributed by atoms with Crippen LogP contribution < -0.4 is 10.1 Å². The summed E-state index contributed by atoms with van der Waals surface area (Å²) in [5, 5.41) is 13.8. The van der Waals surface area contributed by atoms with Gasteiger partial charge in [-0.05, 0) is 46.4 Å². The molecule has 0 radical (unpaired) electrons. The number of hydrogen-bond donors (Lipinski definition) is 2. The van der Waals surface area contributed by atoms with E-state index in [1.165, 1.54) is 0 Å². The average molecular weight is 458 g/mol. The molecule has 0 saturated carbocycles. The van der Waals surface area contributed by atoms with E-state index < -0.39 is 0 Å². The summed E-state index contributed by atoms with van der Waals surface area (Å²) in [5.41, 5.74) is 3.66. The molecule has 0 saturated heterocycles. The van der Waals surface area contributed by atoms with Gasteiger partial charge < -0.3 is 15.2 Å². The molecule has 0 aliphatic carbocycles. The zero-order valence-corrected chi connectivity index (χ0v) is 19.0. The summed E-state index contributed by atoms with van der Waals surface area (Å²) in [6, 6.07) is 18.5. The van der Waals surface area contributed by atoms with Gasteiger partial charge in [-0.25, -0.2) is 0 Å². The number of hydrogen-bond acceptors (Lipinski definition) is 3. The molecule has 3 rings (SSSR count). The highest BCUT2D eigenvalue weighted by Crippen LogP contribution is 2.33. The molecule has 0 fully saturated rings. The van der Waals surface area contributed by atoms with Crippen LogP contribution in [0.3, 0.4) is 0 Å². The van der Waals surface area contributed by atoms with Gasteiger partial charge in [0.25, 0.3) is 5.91 Å². The maximum absolute atomic E-state index is 12.1. The number of ether oxygens (including phenoxy) is 1. The smallest absolute Gasteiger partial charge is 0.258 e. The van der Waals surface area contributed by atoms with Gasteiger partial charge in [0.2, 0.25) is 0 Å². The molecule has 1 amide bonds. The molecule has 0 heterocycles. The van der Waals surface area contributed by atoms with Gasteiger partial charge in [-0.1, -0.05) is 79.5 Å². The highest BCUT2D eigenvalue weighted by molar-refractivity contribution is 6.36. The van der Waals surface area contributed by atoms with Gasteiger partial charge in [-0.15, -0.1) is 0 Å². The third kappa shape index (κ3) is 6.39. The number of benzene rings is 3. The van der Waals surface area contributed by atoms with Gasteiger partial charge in [0.05, 0.1) is 0 Å². The van der Waals surface area contributed by atoms with Gasteiger partial charge in [0.1, 0.15) is 11.5 Å². The summed E-state index contributed by atoms with van der Waals surface area (Å²) in [7, 11) is 0. The fourth-order valence-electron chi connectivity index (χ4n) is 3.21. The van der Waals surface area contributed by atoms with Crippen LogP contribution in [0.1, 0.15) is 42.0 Å². The van der Waals surface area contributed by atoms with E-state index in [2.05, 4.69) is 5.32 Å². The molecule has 0 unspecified atom stereocenters. The van der Waals surface area contributed by atoms with Gasteiger partial charge >= 0.3 is 0 Å². The van der Waals surface area contributed by atoms with Crippen molar-refractivity contribution in [2.75, 3.05) is 6.61 Å². The van der Waals surface area contributed by atoms with Crippen molar-refractivity contribution in [3.05, 3.63) is 93.0 Å². The molecule has 0 aliphatic rings. The predicted molar refractivity (Wildman–Crippen MR) is 125 cm³/mol. The Morgan fingerprint density at radius 3 is 2.32 bits per heavy atom. The minimum absolute atomic E-state index is 0.130. The Morgan fingerprint density at radius 2 is 1.68 bits per heavy atom. The first kappa shape index (κ1) is 23.0. The SMILES string of the molecule is CC(C)c1cc(Cc2c(Cl)cc(OCC(=O)NCc3ccccc3)cc2Cl)ccc1O. The number of carbonyl (C=O) groups excluding carboxylic acids is 1. The number of nitrogens with one attached hydrogen (secondary N) is 1. The van der Waals surface area contributed by atoms with E-state index >= 15 is 0 Å². The summed E-state index contributed by atoms with van der Waals surface area (Å²) in [4.78, 5) is 12.1. The zero-order valence-electron chi connectivity index (χ0n) is 17.5. The van der Waals surface area contributed by atoms with Crippen LogP contribution in [-0.2, 0) is 17.8 Å². The molecule has 3 aromatic carbocycles. The second-order valence-corrected chi connectivity index (χ2v) is 8.46. The Hall–Kier alpha value is -2.69. The normalized spacial score (nSPS) is 10.9. The number of halogens is 2. The maximum atomic E-state index is 12.1. The zero-order chi connectivity index (χ0) is 22.4. The van der Waals surface area contributed by atoms with Crippen molar-refractivity contribution in [1.82, 2.24) is 5.32 Å². The van der Waals surface area contributed by atoms with E-state index in [1.54, 1.807) is 18.2 Å². The Bertz CT molecular complexity index is 1030. The summed E-state index contributed by atoms with van der Waals surface area (Å²) in [6.07, 6.45) is 0.523. The van der Waals surface area contributed by atoms with E-state index in [0.29, 0.717) is 28.8 Å².